The first kappa shape index (κ1) is 30.5. The second-order valence-electron chi connectivity index (χ2n) is 10.6. The van der Waals surface area contributed by atoms with Crippen LogP contribution >= 0.6 is 0 Å². The third-order valence-corrected chi connectivity index (χ3v) is 7.52. The van der Waals surface area contributed by atoms with Gasteiger partial charge >= 0.3 is 6.18 Å². The molecule has 0 saturated heterocycles. The van der Waals surface area contributed by atoms with Gasteiger partial charge in [0, 0.05) is 12.1 Å². The van der Waals surface area contributed by atoms with Crippen LogP contribution < -0.4 is 15.4 Å². The average Bonchev–Trinajstić information content (AvgIpc) is 3.25. The number of rotatable bonds is 13. The van der Waals surface area contributed by atoms with Crippen LogP contribution in [-0.4, -0.2) is 31.6 Å². The lowest BCUT2D eigenvalue weighted by Gasteiger charge is -2.28. The number of hydrogen-bond acceptors (Lipinski definition) is 4. The summed E-state index contributed by atoms with van der Waals surface area (Å²) >= 11 is 0. The van der Waals surface area contributed by atoms with Crippen LogP contribution in [0.15, 0.2) is 36.4 Å². The predicted molar refractivity (Wildman–Crippen MR) is 143 cm³/mol. The highest BCUT2D eigenvalue weighted by Crippen LogP contribution is 2.50. The zero-order valence-corrected chi connectivity index (χ0v) is 23.3. The minimum absolute atomic E-state index is 0.0995. The molecular weight excluding hydrogens is 509 g/mol. The van der Waals surface area contributed by atoms with E-state index in [-0.39, 0.29) is 18.1 Å². The van der Waals surface area contributed by atoms with Crippen molar-refractivity contribution >= 4 is 12.3 Å². The average molecular weight is 549 g/mol. The molecule has 3 rings (SSSR count). The summed E-state index contributed by atoms with van der Waals surface area (Å²) in [5.74, 6) is 0.607. The van der Waals surface area contributed by atoms with E-state index in [0.29, 0.717) is 61.6 Å². The minimum Gasteiger partial charge on any atom is -0.493 e. The van der Waals surface area contributed by atoms with E-state index in [1.54, 1.807) is 13.0 Å². The quantitative estimate of drug-likeness (QED) is 0.238. The van der Waals surface area contributed by atoms with E-state index < -0.39 is 17.3 Å². The number of halogens is 3. The van der Waals surface area contributed by atoms with Gasteiger partial charge in [-0.1, -0.05) is 57.5 Å². The molecule has 39 heavy (non-hydrogen) atoms. The number of fused-ring (bicyclic) bond motifs is 1. The summed E-state index contributed by atoms with van der Waals surface area (Å²) in [6.45, 7) is 9.51. The summed E-state index contributed by atoms with van der Waals surface area (Å²) in [5, 5.41) is 5.55. The van der Waals surface area contributed by atoms with Gasteiger partial charge in [-0.3, -0.25) is 9.59 Å². The molecule has 2 aromatic rings. The van der Waals surface area contributed by atoms with Crippen molar-refractivity contribution in [3.63, 3.8) is 0 Å². The van der Waals surface area contributed by atoms with Crippen LogP contribution in [0.2, 0.25) is 0 Å². The van der Waals surface area contributed by atoms with Gasteiger partial charge < -0.3 is 20.1 Å². The maximum absolute atomic E-state index is 13.7. The van der Waals surface area contributed by atoms with Crippen molar-refractivity contribution in [3.8, 4) is 5.75 Å². The van der Waals surface area contributed by atoms with E-state index in [2.05, 4.69) is 24.5 Å². The Morgan fingerprint density at radius 2 is 1.85 bits per heavy atom. The van der Waals surface area contributed by atoms with Crippen LogP contribution in [0.1, 0.15) is 87.6 Å². The molecule has 1 heterocycles. The monoisotopic (exact) mass is 548 g/mol. The van der Waals surface area contributed by atoms with Crippen molar-refractivity contribution in [3.05, 3.63) is 64.2 Å². The molecule has 2 aromatic carbocycles. The van der Waals surface area contributed by atoms with Gasteiger partial charge in [-0.2, -0.15) is 13.2 Å². The Kier molecular flexibility index (Phi) is 9.69. The fraction of sp³-hybridized carbons (Fsp3) is 0.533. The van der Waals surface area contributed by atoms with Gasteiger partial charge in [0.2, 0.25) is 12.3 Å². The normalized spacial score (nSPS) is 18.4. The largest absolute Gasteiger partial charge is 0.493 e. The fourth-order valence-electron chi connectivity index (χ4n) is 4.86. The third-order valence-electron chi connectivity index (χ3n) is 7.52. The van der Waals surface area contributed by atoms with Crippen molar-refractivity contribution in [2.24, 2.45) is 0 Å². The molecule has 0 aromatic heterocycles. The maximum atomic E-state index is 13.7. The van der Waals surface area contributed by atoms with Crippen LogP contribution in [0.25, 0.3) is 0 Å². The lowest BCUT2D eigenvalue weighted by Crippen LogP contribution is -2.52. The fourth-order valence-corrected chi connectivity index (χ4v) is 4.86. The van der Waals surface area contributed by atoms with Crippen molar-refractivity contribution < 1.29 is 32.2 Å². The standard InChI is InChI=1S/C30H39F3N2O4/c1-6-9-23-24-18-39-29(5,30(31,32)33)25(24)14-15-26(23)38-17-8-7-16-34-27(37)28(4,35-19-36)22-12-10-21(11-13-22)20(2)3/h10-15,19-20H,6-9,16-18H2,1-5H3,(H,34,37)(H,35,36). The van der Waals surface area contributed by atoms with E-state index >= 15 is 0 Å². The Hall–Kier alpha value is -3.07. The first-order valence-corrected chi connectivity index (χ1v) is 13.5. The molecule has 2 amide bonds. The van der Waals surface area contributed by atoms with Gasteiger partial charge in [0.1, 0.15) is 11.3 Å². The van der Waals surface area contributed by atoms with Crippen molar-refractivity contribution in [1.29, 1.82) is 0 Å². The van der Waals surface area contributed by atoms with Gasteiger partial charge in [-0.05, 0) is 67.3 Å². The van der Waals surface area contributed by atoms with Crippen molar-refractivity contribution in [2.75, 3.05) is 13.2 Å². The zero-order chi connectivity index (χ0) is 28.8. The van der Waals surface area contributed by atoms with Gasteiger partial charge in [-0.25, -0.2) is 0 Å². The summed E-state index contributed by atoms with van der Waals surface area (Å²) in [6, 6.07) is 10.7. The van der Waals surface area contributed by atoms with Crippen molar-refractivity contribution in [2.45, 2.75) is 90.1 Å². The van der Waals surface area contributed by atoms with Gasteiger partial charge in [0.05, 0.1) is 13.2 Å². The summed E-state index contributed by atoms with van der Waals surface area (Å²) < 4.78 is 52.2. The number of hydrogen-bond donors (Lipinski definition) is 2. The number of alkyl halides is 3. The van der Waals surface area contributed by atoms with Gasteiger partial charge in [0.25, 0.3) is 0 Å². The van der Waals surface area contributed by atoms with E-state index in [4.69, 9.17) is 9.47 Å². The molecule has 0 bridgehead atoms. The Bertz CT molecular complexity index is 1150. The molecule has 2 unspecified atom stereocenters. The molecule has 1 aliphatic rings. The number of unbranched alkanes of at least 4 members (excludes halogenated alkanes) is 1. The highest BCUT2D eigenvalue weighted by Gasteiger charge is 2.57. The summed E-state index contributed by atoms with van der Waals surface area (Å²) in [4.78, 5) is 24.3. The molecule has 1 aliphatic heterocycles. The molecule has 9 heteroatoms. The first-order valence-electron chi connectivity index (χ1n) is 13.5. The van der Waals surface area contributed by atoms with Crippen molar-refractivity contribution in [1.82, 2.24) is 10.6 Å². The number of nitrogens with one attached hydrogen (secondary N) is 2. The summed E-state index contributed by atoms with van der Waals surface area (Å²) in [7, 11) is 0. The van der Waals surface area contributed by atoms with Crippen LogP contribution in [0.3, 0.4) is 0 Å². The van der Waals surface area contributed by atoms with E-state index in [0.717, 1.165) is 24.5 Å². The smallest absolute Gasteiger partial charge is 0.421 e. The molecule has 2 N–H and O–H groups in total. The molecule has 0 radical (unpaired) electrons. The number of carbonyl (C=O) groups excluding carboxylic acids is 2. The Labute approximate surface area is 228 Å². The van der Waals surface area contributed by atoms with Crippen LogP contribution in [0.5, 0.6) is 5.75 Å². The highest BCUT2D eigenvalue weighted by atomic mass is 19.4. The summed E-state index contributed by atoms with van der Waals surface area (Å²) in [6.07, 6.45) is -1.39. The summed E-state index contributed by atoms with van der Waals surface area (Å²) in [5.41, 5.74) is -0.226. The second kappa shape index (κ2) is 12.4. The Morgan fingerprint density at radius 3 is 2.44 bits per heavy atom. The lowest BCUT2D eigenvalue weighted by molar-refractivity contribution is -0.272. The van der Waals surface area contributed by atoms with Gasteiger partial charge in [0.15, 0.2) is 5.60 Å². The van der Waals surface area contributed by atoms with E-state index in [1.807, 2.05) is 31.2 Å². The predicted octanol–water partition coefficient (Wildman–Crippen LogP) is 6.01. The minimum atomic E-state index is -4.51. The SMILES string of the molecule is CCCc1c(OCCCCNC(=O)C(C)(NC=O)c2ccc(C(C)C)cc2)ccc2c1COC2(C)C(F)(F)F. The molecule has 0 fully saturated rings. The maximum Gasteiger partial charge on any atom is 0.421 e. The van der Waals surface area contributed by atoms with Crippen LogP contribution in [-0.2, 0) is 38.5 Å². The molecule has 2 atom stereocenters. The first-order chi connectivity index (χ1) is 18.4. The molecule has 6 nitrogen and oxygen atoms in total. The van der Waals surface area contributed by atoms with Crippen LogP contribution in [0, 0.1) is 0 Å². The number of benzene rings is 2. The van der Waals surface area contributed by atoms with E-state index in [9.17, 15) is 22.8 Å². The van der Waals surface area contributed by atoms with E-state index in [1.165, 1.54) is 6.07 Å². The molecule has 0 aliphatic carbocycles. The molecular formula is C30H39F3N2O4. The topological polar surface area (TPSA) is 76.7 Å². The second-order valence-corrected chi connectivity index (χ2v) is 10.6. The van der Waals surface area contributed by atoms with Crippen LogP contribution in [0.4, 0.5) is 13.2 Å². The Morgan fingerprint density at radius 1 is 1.15 bits per heavy atom. The zero-order valence-electron chi connectivity index (χ0n) is 23.3. The number of carbonyl (C=O) groups is 2. The van der Waals surface area contributed by atoms with Gasteiger partial charge in [-0.15, -0.1) is 0 Å². The molecule has 0 saturated carbocycles. The molecule has 214 valence electrons. The highest BCUT2D eigenvalue weighted by molar-refractivity contribution is 5.89. The Balaban J connectivity index is 1.57. The molecule has 0 spiro atoms. The lowest BCUT2D eigenvalue weighted by atomic mass is 9.89. The number of ether oxygens (including phenoxy) is 2. The third kappa shape index (κ3) is 6.40. The number of amides is 2.